The van der Waals surface area contributed by atoms with Crippen molar-refractivity contribution in [3.8, 4) is 0 Å². The molecule has 2 heterocycles. The highest BCUT2D eigenvalue weighted by atomic mass is 16.6. The number of rotatable bonds is 16. The molecule has 0 bridgehead atoms. The van der Waals surface area contributed by atoms with E-state index in [4.69, 9.17) is 28.4 Å². The van der Waals surface area contributed by atoms with E-state index in [2.05, 4.69) is 20.8 Å². The van der Waals surface area contributed by atoms with Crippen LogP contribution in [0.25, 0.3) is 0 Å². The average molecular weight is 527 g/mol. The zero-order chi connectivity index (χ0) is 27.2. The fourth-order valence-corrected chi connectivity index (χ4v) is 5.55. The van der Waals surface area contributed by atoms with Crippen LogP contribution in [-0.2, 0) is 38.0 Å². The maximum absolute atomic E-state index is 13.0. The Morgan fingerprint density at radius 1 is 0.757 bits per heavy atom. The molecule has 0 amide bonds. The van der Waals surface area contributed by atoms with Crippen LogP contribution in [-0.4, -0.2) is 74.0 Å². The Morgan fingerprint density at radius 2 is 1.32 bits per heavy atom. The fraction of sp³-hybridized carbons (Fsp3) is 0.931. The Kier molecular flexibility index (Phi) is 10.8. The molecular weight excluding hydrogens is 476 g/mol. The Hall–Kier alpha value is -1.22. The number of carbonyl (C=O) groups is 2. The first-order chi connectivity index (χ1) is 17.4. The van der Waals surface area contributed by atoms with E-state index >= 15 is 0 Å². The van der Waals surface area contributed by atoms with Crippen LogP contribution in [0.4, 0.5) is 0 Å². The topological polar surface area (TPSA) is 96.1 Å². The van der Waals surface area contributed by atoms with Gasteiger partial charge in [0.2, 0.25) is 0 Å². The number of hydrogen-bond acceptors (Lipinski definition) is 8. The van der Waals surface area contributed by atoms with Gasteiger partial charge in [-0.1, -0.05) is 0 Å². The van der Waals surface area contributed by atoms with Crippen molar-refractivity contribution in [3.63, 3.8) is 0 Å². The lowest BCUT2D eigenvalue weighted by Gasteiger charge is -2.33. The van der Waals surface area contributed by atoms with Crippen molar-refractivity contribution in [1.82, 2.24) is 0 Å². The molecule has 6 atom stereocenters. The van der Waals surface area contributed by atoms with Gasteiger partial charge in [-0.15, -0.1) is 0 Å². The van der Waals surface area contributed by atoms with Crippen molar-refractivity contribution in [3.05, 3.63) is 0 Å². The minimum Gasteiger partial charge on any atom is -0.463 e. The van der Waals surface area contributed by atoms with E-state index in [1.807, 2.05) is 27.7 Å². The van der Waals surface area contributed by atoms with E-state index in [0.717, 1.165) is 32.1 Å². The first-order valence-electron chi connectivity index (χ1n) is 14.3. The second-order valence-corrected chi connectivity index (χ2v) is 12.3. The molecule has 8 nitrogen and oxygen atoms in total. The lowest BCUT2D eigenvalue weighted by molar-refractivity contribution is -0.165. The molecule has 2 saturated heterocycles. The summed E-state index contributed by atoms with van der Waals surface area (Å²) in [4.78, 5) is 25.9. The molecule has 8 heteroatoms. The first-order valence-corrected chi connectivity index (χ1v) is 14.3. The Morgan fingerprint density at radius 3 is 1.86 bits per heavy atom. The molecule has 0 aromatic rings. The normalized spacial score (nSPS) is 32.4. The maximum Gasteiger partial charge on any atom is 0.309 e. The molecule has 1 aliphatic carbocycles. The number of hydrogen-bond donors (Lipinski definition) is 0. The van der Waals surface area contributed by atoms with Gasteiger partial charge in [-0.2, -0.15) is 0 Å². The van der Waals surface area contributed by atoms with Gasteiger partial charge >= 0.3 is 11.9 Å². The standard InChI is InChI=1S/C29H50O8/c1-19(2)32-14-16-34-26(30)22-10-8-21(18-23(22)27(31)35-17-15-33-20(3)4)9-11-25-29(7,37-25)13-12-24-28(5,6)36-24/h19-25H,8-18H2,1-7H3. The zero-order valence-corrected chi connectivity index (χ0v) is 24.1. The highest BCUT2D eigenvalue weighted by Crippen LogP contribution is 2.48. The van der Waals surface area contributed by atoms with Crippen LogP contribution in [0.5, 0.6) is 0 Å². The monoisotopic (exact) mass is 526 g/mol. The molecular formula is C29H50O8. The van der Waals surface area contributed by atoms with Gasteiger partial charge in [0.1, 0.15) is 13.2 Å². The fourth-order valence-electron chi connectivity index (χ4n) is 5.55. The Balaban J connectivity index is 1.47. The van der Waals surface area contributed by atoms with Gasteiger partial charge in [-0.3, -0.25) is 9.59 Å². The molecule has 37 heavy (non-hydrogen) atoms. The quantitative estimate of drug-likeness (QED) is 0.160. The van der Waals surface area contributed by atoms with Crippen molar-refractivity contribution < 1.29 is 38.0 Å². The van der Waals surface area contributed by atoms with Crippen LogP contribution in [0, 0.1) is 17.8 Å². The maximum atomic E-state index is 13.0. The Bertz CT molecular complexity index is 750. The largest absolute Gasteiger partial charge is 0.463 e. The molecule has 0 aromatic heterocycles. The molecule has 0 spiro atoms. The molecule has 1 saturated carbocycles. The summed E-state index contributed by atoms with van der Waals surface area (Å²) in [6, 6.07) is 0. The van der Waals surface area contributed by atoms with Crippen LogP contribution in [0.1, 0.15) is 93.4 Å². The summed E-state index contributed by atoms with van der Waals surface area (Å²) >= 11 is 0. The van der Waals surface area contributed by atoms with Crippen molar-refractivity contribution in [1.29, 1.82) is 0 Å². The van der Waals surface area contributed by atoms with Crippen LogP contribution < -0.4 is 0 Å². The van der Waals surface area contributed by atoms with Crippen molar-refractivity contribution in [2.45, 2.75) is 129 Å². The van der Waals surface area contributed by atoms with Gasteiger partial charge < -0.3 is 28.4 Å². The first kappa shape index (κ1) is 30.3. The van der Waals surface area contributed by atoms with Gasteiger partial charge in [-0.05, 0) is 99.3 Å². The summed E-state index contributed by atoms with van der Waals surface area (Å²) in [6.45, 7) is 15.3. The molecule has 0 radical (unpaired) electrons. The van der Waals surface area contributed by atoms with E-state index in [9.17, 15) is 9.59 Å². The SMILES string of the molecule is CC(C)OCCOC(=O)C1CCC(CCC2OC2(C)CCC2OC2(C)C)CC1C(=O)OCCOC(C)C. The van der Waals surface area contributed by atoms with Crippen molar-refractivity contribution in [2.24, 2.45) is 17.8 Å². The number of carbonyl (C=O) groups excluding carboxylic acids is 2. The van der Waals surface area contributed by atoms with Crippen LogP contribution in [0.3, 0.4) is 0 Å². The van der Waals surface area contributed by atoms with E-state index in [0.29, 0.717) is 38.1 Å². The van der Waals surface area contributed by atoms with Crippen molar-refractivity contribution >= 4 is 11.9 Å². The molecule has 2 aliphatic heterocycles. The number of esters is 2. The number of epoxide rings is 2. The van der Waals surface area contributed by atoms with Gasteiger partial charge in [-0.25, -0.2) is 0 Å². The molecule has 3 fully saturated rings. The summed E-state index contributed by atoms with van der Waals surface area (Å²) in [5.41, 5.74) is -0.0393. The highest BCUT2D eigenvalue weighted by molar-refractivity contribution is 5.82. The third kappa shape index (κ3) is 9.48. The van der Waals surface area contributed by atoms with Gasteiger partial charge in [0, 0.05) is 0 Å². The summed E-state index contributed by atoms with van der Waals surface area (Å²) in [5.74, 6) is -1.25. The molecule has 3 aliphatic rings. The van der Waals surface area contributed by atoms with Crippen LogP contribution >= 0.6 is 0 Å². The second kappa shape index (κ2) is 13.2. The summed E-state index contributed by atoms with van der Waals surface area (Å²) < 4.78 is 33.8. The predicted octanol–water partition coefficient (Wildman–Crippen LogP) is 4.85. The van der Waals surface area contributed by atoms with Crippen LogP contribution in [0.15, 0.2) is 0 Å². The summed E-state index contributed by atoms with van der Waals surface area (Å²) in [7, 11) is 0. The molecule has 6 unspecified atom stereocenters. The average Bonchev–Trinajstić information content (AvgIpc) is 3.69. The number of ether oxygens (including phenoxy) is 6. The predicted molar refractivity (Wildman–Crippen MR) is 139 cm³/mol. The minimum atomic E-state index is -0.489. The molecule has 214 valence electrons. The third-order valence-corrected chi connectivity index (χ3v) is 8.06. The van der Waals surface area contributed by atoms with Gasteiger partial charge in [0.15, 0.2) is 0 Å². The molecule has 0 aromatic carbocycles. The Labute approximate surface area is 223 Å². The molecule has 3 rings (SSSR count). The second-order valence-electron chi connectivity index (χ2n) is 12.3. The van der Waals surface area contributed by atoms with Gasteiger partial charge in [0.25, 0.3) is 0 Å². The zero-order valence-electron chi connectivity index (χ0n) is 24.1. The smallest absolute Gasteiger partial charge is 0.309 e. The van der Waals surface area contributed by atoms with E-state index in [1.165, 1.54) is 0 Å². The van der Waals surface area contributed by atoms with Gasteiger partial charge in [0.05, 0.1) is 60.7 Å². The molecule has 0 N–H and O–H groups in total. The summed E-state index contributed by atoms with van der Waals surface area (Å²) in [5, 5.41) is 0. The third-order valence-electron chi connectivity index (χ3n) is 8.06. The minimum absolute atomic E-state index is 0.0204. The van der Waals surface area contributed by atoms with E-state index in [1.54, 1.807) is 0 Å². The van der Waals surface area contributed by atoms with E-state index < -0.39 is 11.8 Å². The lowest BCUT2D eigenvalue weighted by atomic mass is 9.72. The highest BCUT2D eigenvalue weighted by Gasteiger charge is 2.55. The van der Waals surface area contributed by atoms with Crippen molar-refractivity contribution in [2.75, 3.05) is 26.4 Å². The lowest BCUT2D eigenvalue weighted by Crippen LogP contribution is -2.38. The van der Waals surface area contributed by atoms with Crippen LogP contribution in [0.2, 0.25) is 0 Å². The summed E-state index contributed by atoms with van der Waals surface area (Å²) in [6.07, 6.45) is 6.93. The van der Waals surface area contributed by atoms with E-state index in [-0.39, 0.29) is 54.7 Å².